The number of hydrogen-bond acceptors (Lipinski definition) is 8. The van der Waals surface area contributed by atoms with E-state index in [0.717, 1.165) is 58.8 Å². The molecule has 2 fully saturated rings. The van der Waals surface area contributed by atoms with Gasteiger partial charge in [-0.2, -0.15) is 4.80 Å². The van der Waals surface area contributed by atoms with E-state index in [1.54, 1.807) is 6.20 Å². The molecule has 11 heteroatoms. The molecular formula is C19H20ClN7O2S. The third-order valence-corrected chi connectivity index (χ3v) is 7.05. The fraction of sp³-hybridized carbons (Fsp3) is 0.421. The van der Waals surface area contributed by atoms with E-state index in [1.165, 1.54) is 17.0 Å². The molecule has 1 N–H and O–H groups in total. The van der Waals surface area contributed by atoms with E-state index in [2.05, 4.69) is 36.3 Å². The monoisotopic (exact) mass is 445 g/mol. The molecule has 1 aromatic carbocycles. The Labute approximate surface area is 181 Å². The van der Waals surface area contributed by atoms with Gasteiger partial charge >= 0.3 is 5.97 Å². The molecule has 1 spiro atoms. The number of hydrogen-bond donors (Lipinski definition) is 1. The molecule has 9 nitrogen and oxygen atoms in total. The number of tetrazole rings is 1. The van der Waals surface area contributed by atoms with Crippen LogP contribution in [0, 0.1) is 5.41 Å². The molecule has 0 aliphatic carbocycles. The summed E-state index contributed by atoms with van der Waals surface area (Å²) in [6, 6.07) is 8.06. The van der Waals surface area contributed by atoms with E-state index in [-0.39, 0.29) is 12.0 Å². The average Bonchev–Trinajstić information content (AvgIpc) is 3.49. The Bertz CT molecular complexity index is 1090. The van der Waals surface area contributed by atoms with Crippen molar-refractivity contribution < 1.29 is 9.90 Å². The first-order valence-electron chi connectivity index (χ1n) is 9.71. The number of benzene rings is 1. The number of carboxylic acid groups (broad SMARTS) is 1. The second kappa shape index (κ2) is 7.51. The zero-order chi connectivity index (χ0) is 20.7. The Hall–Kier alpha value is -2.72. The fourth-order valence-corrected chi connectivity index (χ4v) is 5.35. The topological polar surface area (TPSA) is 100 Å². The summed E-state index contributed by atoms with van der Waals surface area (Å²) in [5.41, 5.74) is 1.45. The van der Waals surface area contributed by atoms with Crippen LogP contribution >= 0.6 is 22.9 Å². The van der Waals surface area contributed by atoms with E-state index in [4.69, 9.17) is 16.7 Å². The number of aromatic nitrogens is 5. The Morgan fingerprint density at radius 1 is 1.23 bits per heavy atom. The van der Waals surface area contributed by atoms with Crippen molar-refractivity contribution in [1.82, 2.24) is 25.2 Å². The summed E-state index contributed by atoms with van der Waals surface area (Å²) in [7, 11) is 0. The first-order chi connectivity index (χ1) is 14.5. The van der Waals surface area contributed by atoms with Crippen LogP contribution in [-0.4, -0.2) is 62.4 Å². The van der Waals surface area contributed by atoms with E-state index < -0.39 is 5.97 Å². The molecule has 30 heavy (non-hydrogen) atoms. The van der Waals surface area contributed by atoms with Crippen molar-refractivity contribution >= 4 is 39.7 Å². The molecule has 2 saturated heterocycles. The highest BCUT2D eigenvalue weighted by Gasteiger charge is 2.44. The molecule has 156 valence electrons. The smallest absolute Gasteiger partial charge is 0.327 e. The lowest BCUT2D eigenvalue weighted by atomic mass is 9.86. The van der Waals surface area contributed by atoms with Gasteiger partial charge in [0.05, 0.1) is 11.1 Å². The van der Waals surface area contributed by atoms with Crippen LogP contribution in [0.15, 0.2) is 30.5 Å². The summed E-state index contributed by atoms with van der Waals surface area (Å²) in [6.07, 6.45) is 4.02. The van der Waals surface area contributed by atoms with Gasteiger partial charge in [-0.25, -0.2) is 4.98 Å². The zero-order valence-electron chi connectivity index (χ0n) is 16.1. The second-order valence-electron chi connectivity index (χ2n) is 7.87. The van der Waals surface area contributed by atoms with Crippen LogP contribution in [0.2, 0.25) is 5.02 Å². The molecule has 1 atom stereocenters. The van der Waals surface area contributed by atoms with E-state index >= 15 is 0 Å². The van der Waals surface area contributed by atoms with Gasteiger partial charge in [-0.15, -0.1) is 10.2 Å². The number of rotatable bonds is 5. The quantitative estimate of drug-likeness (QED) is 0.639. The Morgan fingerprint density at radius 3 is 2.83 bits per heavy atom. The van der Waals surface area contributed by atoms with Gasteiger partial charge in [0.15, 0.2) is 11.7 Å². The molecule has 5 rings (SSSR count). The van der Waals surface area contributed by atoms with Crippen molar-refractivity contribution in [1.29, 1.82) is 0 Å². The molecule has 3 aromatic rings. The zero-order valence-corrected chi connectivity index (χ0v) is 17.7. The fourth-order valence-electron chi connectivity index (χ4n) is 4.30. The van der Waals surface area contributed by atoms with Crippen molar-refractivity contribution in [3.63, 3.8) is 0 Å². The number of anilines is 2. The largest absolute Gasteiger partial charge is 0.480 e. The van der Waals surface area contributed by atoms with Crippen LogP contribution in [0.25, 0.3) is 10.7 Å². The highest BCUT2D eigenvalue weighted by Crippen LogP contribution is 2.43. The second-order valence-corrected chi connectivity index (χ2v) is 9.31. The third-order valence-electron chi connectivity index (χ3n) is 5.76. The van der Waals surface area contributed by atoms with Crippen molar-refractivity contribution in [2.45, 2.75) is 19.4 Å². The molecule has 2 aliphatic heterocycles. The van der Waals surface area contributed by atoms with Crippen molar-refractivity contribution in [3.8, 4) is 10.7 Å². The Morgan fingerprint density at radius 2 is 2.03 bits per heavy atom. The summed E-state index contributed by atoms with van der Waals surface area (Å²) in [5.74, 6) is -0.600. The predicted octanol–water partition coefficient (Wildman–Crippen LogP) is 2.64. The molecule has 4 heterocycles. The SMILES string of the molecule is O=C(O)Cn1nnc(-c2cnc(N3CCC4(CCN(c5cccc(Cl)c5)C4)C3)s2)n1. The summed E-state index contributed by atoms with van der Waals surface area (Å²) < 4.78 is 0. The number of carboxylic acids is 1. The molecule has 2 aromatic heterocycles. The molecule has 2 aliphatic rings. The summed E-state index contributed by atoms with van der Waals surface area (Å²) >= 11 is 7.68. The van der Waals surface area contributed by atoms with Crippen molar-refractivity contribution in [2.75, 3.05) is 36.0 Å². The first-order valence-corrected chi connectivity index (χ1v) is 10.9. The van der Waals surface area contributed by atoms with Crippen LogP contribution in [0.5, 0.6) is 0 Å². The van der Waals surface area contributed by atoms with Gasteiger partial charge in [-0.3, -0.25) is 4.79 Å². The average molecular weight is 446 g/mol. The summed E-state index contributed by atoms with van der Waals surface area (Å²) in [5, 5.41) is 22.4. The van der Waals surface area contributed by atoms with Gasteiger partial charge in [0.25, 0.3) is 0 Å². The van der Waals surface area contributed by atoms with E-state index in [0.29, 0.717) is 5.82 Å². The predicted molar refractivity (Wildman–Crippen MR) is 114 cm³/mol. The molecule has 0 bridgehead atoms. The van der Waals surface area contributed by atoms with Gasteiger partial charge in [0.1, 0.15) is 0 Å². The number of carbonyl (C=O) groups is 1. The lowest BCUT2D eigenvalue weighted by Crippen LogP contribution is -2.30. The maximum Gasteiger partial charge on any atom is 0.327 e. The number of nitrogens with zero attached hydrogens (tertiary/aromatic N) is 7. The lowest BCUT2D eigenvalue weighted by molar-refractivity contribution is -0.138. The first kappa shape index (κ1) is 19.3. The van der Waals surface area contributed by atoms with Gasteiger partial charge in [0.2, 0.25) is 5.82 Å². The molecule has 0 saturated carbocycles. The maximum atomic E-state index is 10.8. The summed E-state index contributed by atoms with van der Waals surface area (Å²) in [6.45, 7) is 3.68. The van der Waals surface area contributed by atoms with Crippen LogP contribution in [0.4, 0.5) is 10.8 Å². The minimum absolute atomic E-state index is 0.261. The maximum absolute atomic E-state index is 10.8. The molecule has 1 unspecified atom stereocenters. The van der Waals surface area contributed by atoms with Gasteiger partial charge in [-0.05, 0) is 36.3 Å². The lowest BCUT2D eigenvalue weighted by Gasteiger charge is -2.25. The highest BCUT2D eigenvalue weighted by atomic mass is 35.5. The third kappa shape index (κ3) is 3.72. The van der Waals surface area contributed by atoms with Crippen molar-refractivity contribution in [3.05, 3.63) is 35.5 Å². The normalized spacial score (nSPS) is 21.1. The van der Waals surface area contributed by atoms with Crippen LogP contribution in [0.3, 0.4) is 0 Å². The standard InChI is InChI=1S/C19H20ClN7O2S/c20-13-2-1-3-14(8-13)25-6-4-19(11-25)5-7-26(12-19)18-21-9-15(30-18)17-22-24-27(23-17)10-16(28)29/h1-3,8-9H,4-7,10-12H2,(H,28,29). The Balaban J connectivity index is 1.27. The van der Waals surface area contributed by atoms with Crippen molar-refractivity contribution in [2.24, 2.45) is 5.41 Å². The van der Waals surface area contributed by atoms with E-state index in [9.17, 15) is 4.79 Å². The minimum Gasteiger partial charge on any atom is -0.480 e. The molecule has 0 radical (unpaired) electrons. The molecule has 0 amide bonds. The van der Waals surface area contributed by atoms with Crippen LogP contribution < -0.4 is 9.80 Å². The van der Waals surface area contributed by atoms with Crippen LogP contribution in [0.1, 0.15) is 12.8 Å². The van der Waals surface area contributed by atoms with Gasteiger partial charge in [-0.1, -0.05) is 29.0 Å². The highest BCUT2D eigenvalue weighted by molar-refractivity contribution is 7.18. The number of halogens is 1. The van der Waals surface area contributed by atoms with Gasteiger partial charge in [0, 0.05) is 42.3 Å². The summed E-state index contributed by atoms with van der Waals surface area (Å²) in [4.78, 5) is 22.0. The Kier molecular flexibility index (Phi) is 4.82. The number of aliphatic carboxylic acids is 1. The number of thiazole rings is 1. The minimum atomic E-state index is -1.00. The molecular weight excluding hydrogens is 426 g/mol. The van der Waals surface area contributed by atoms with Gasteiger partial charge < -0.3 is 14.9 Å². The van der Waals surface area contributed by atoms with Crippen LogP contribution in [-0.2, 0) is 11.3 Å². The van der Waals surface area contributed by atoms with E-state index in [1.807, 2.05) is 18.2 Å².